The van der Waals surface area contributed by atoms with Crippen LogP contribution in [0.4, 0.5) is 5.95 Å². The molecular weight excluding hydrogens is 352 g/mol. The van der Waals surface area contributed by atoms with E-state index in [1.165, 1.54) is 0 Å². The van der Waals surface area contributed by atoms with Crippen LogP contribution in [-0.4, -0.2) is 52.9 Å². The summed E-state index contributed by atoms with van der Waals surface area (Å²) in [7, 11) is 3.95. The number of nitrogens with one attached hydrogen (secondary N) is 1. The maximum absolute atomic E-state index is 12.2. The van der Waals surface area contributed by atoms with Gasteiger partial charge in [-0.05, 0) is 44.8 Å². The molecule has 0 aliphatic rings. The Labute approximate surface area is 165 Å². The van der Waals surface area contributed by atoms with Gasteiger partial charge in [-0.15, -0.1) is 0 Å². The summed E-state index contributed by atoms with van der Waals surface area (Å²) in [6.45, 7) is 3.51. The summed E-state index contributed by atoms with van der Waals surface area (Å²) in [5.41, 5.74) is 10.6. The fraction of sp³-hybridized carbons (Fsp3) is 0.333. The van der Waals surface area contributed by atoms with E-state index in [0.717, 1.165) is 47.4 Å². The number of carbonyl (C=O) groups is 1. The summed E-state index contributed by atoms with van der Waals surface area (Å²) in [6, 6.07) is 11.3. The lowest BCUT2D eigenvalue weighted by Gasteiger charge is -2.11. The van der Waals surface area contributed by atoms with E-state index in [4.69, 9.17) is 10.7 Å². The number of rotatable bonds is 7. The first-order chi connectivity index (χ1) is 13.5. The number of fused-ring (bicyclic) bond motifs is 1. The monoisotopic (exact) mass is 378 g/mol. The number of hydrogen-bond acceptors (Lipinski definition) is 6. The first-order valence-electron chi connectivity index (χ1n) is 9.44. The van der Waals surface area contributed by atoms with Gasteiger partial charge in [0.15, 0.2) is 0 Å². The summed E-state index contributed by atoms with van der Waals surface area (Å²) < 4.78 is 0. The first-order valence-corrected chi connectivity index (χ1v) is 9.44. The number of hydrogen-bond donors (Lipinski definition) is 2. The number of amides is 1. The molecule has 0 bridgehead atoms. The van der Waals surface area contributed by atoms with Crippen LogP contribution in [0, 0.1) is 0 Å². The summed E-state index contributed by atoms with van der Waals surface area (Å²) in [6.07, 6.45) is 1.75. The van der Waals surface area contributed by atoms with Gasteiger partial charge in [-0.25, -0.2) is 15.0 Å². The Balaban J connectivity index is 1.83. The van der Waals surface area contributed by atoms with Crippen molar-refractivity contribution >= 4 is 22.9 Å². The molecule has 3 N–H and O–H groups in total. The molecular formula is C21H26N6O. The Morgan fingerprint density at radius 3 is 2.50 bits per heavy atom. The molecule has 0 saturated heterocycles. The average Bonchev–Trinajstić information content (AvgIpc) is 2.67. The van der Waals surface area contributed by atoms with Crippen molar-refractivity contribution in [2.75, 3.05) is 32.9 Å². The zero-order valence-electron chi connectivity index (χ0n) is 16.6. The van der Waals surface area contributed by atoms with E-state index in [-0.39, 0.29) is 11.9 Å². The highest BCUT2D eigenvalue weighted by Crippen LogP contribution is 2.23. The van der Waals surface area contributed by atoms with Crippen LogP contribution in [0.5, 0.6) is 0 Å². The van der Waals surface area contributed by atoms with Gasteiger partial charge in [0, 0.05) is 24.2 Å². The van der Waals surface area contributed by atoms with Gasteiger partial charge in [-0.2, -0.15) is 0 Å². The van der Waals surface area contributed by atoms with Gasteiger partial charge in [0.25, 0.3) is 5.91 Å². The van der Waals surface area contributed by atoms with E-state index in [0.29, 0.717) is 12.1 Å². The van der Waals surface area contributed by atoms with Crippen molar-refractivity contribution in [1.29, 1.82) is 0 Å². The van der Waals surface area contributed by atoms with E-state index < -0.39 is 0 Å². The van der Waals surface area contributed by atoms with E-state index in [1.54, 1.807) is 0 Å². The van der Waals surface area contributed by atoms with Gasteiger partial charge < -0.3 is 16.0 Å². The molecule has 2 aromatic heterocycles. The third-order valence-corrected chi connectivity index (χ3v) is 4.41. The van der Waals surface area contributed by atoms with Crippen LogP contribution in [0.15, 0.2) is 36.4 Å². The molecule has 1 amide bonds. The number of nitrogens with zero attached hydrogens (tertiary/aromatic N) is 4. The summed E-state index contributed by atoms with van der Waals surface area (Å²) in [5.74, 6) is 0.198. The third-order valence-electron chi connectivity index (χ3n) is 4.41. The number of aromatic nitrogens is 3. The highest BCUT2D eigenvalue weighted by atomic mass is 16.1. The fourth-order valence-electron chi connectivity index (χ4n) is 2.95. The summed E-state index contributed by atoms with van der Waals surface area (Å²) in [4.78, 5) is 27.6. The van der Waals surface area contributed by atoms with Gasteiger partial charge in [0.2, 0.25) is 5.95 Å². The highest BCUT2D eigenvalue weighted by molar-refractivity contribution is 5.94. The molecule has 3 rings (SSSR count). The molecule has 1 aromatic carbocycles. The van der Waals surface area contributed by atoms with Crippen LogP contribution in [-0.2, 0) is 6.42 Å². The van der Waals surface area contributed by atoms with Crippen LogP contribution in [0.25, 0.3) is 22.3 Å². The molecule has 0 aliphatic carbocycles. The van der Waals surface area contributed by atoms with Crippen LogP contribution >= 0.6 is 0 Å². The average molecular weight is 378 g/mol. The maximum Gasteiger partial charge on any atom is 0.251 e. The molecule has 146 valence electrons. The smallest absolute Gasteiger partial charge is 0.251 e. The van der Waals surface area contributed by atoms with Crippen molar-refractivity contribution in [2.24, 2.45) is 0 Å². The SMILES string of the molecule is CCCc1nc(N)nc2ccc(-c3ccc(C(=O)NCCN(C)C)cc3)nc12. The molecule has 0 radical (unpaired) electrons. The zero-order chi connectivity index (χ0) is 20.1. The van der Waals surface area contributed by atoms with Crippen molar-refractivity contribution in [2.45, 2.75) is 19.8 Å². The standard InChI is InChI=1S/C21H26N6O/c1-4-5-17-19-18(26-21(22)25-17)11-10-16(24-19)14-6-8-15(9-7-14)20(28)23-12-13-27(2)3/h6-11H,4-5,12-13H2,1-3H3,(H,23,28)(H2,22,25,26). The van der Waals surface area contributed by atoms with Crippen molar-refractivity contribution in [3.05, 3.63) is 47.7 Å². The van der Waals surface area contributed by atoms with Crippen molar-refractivity contribution in [3.8, 4) is 11.3 Å². The minimum atomic E-state index is -0.0750. The van der Waals surface area contributed by atoms with Gasteiger partial charge in [0.1, 0.15) is 5.52 Å². The molecule has 2 heterocycles. The normalized spacial score (nSPS) is 11.1. The molecule has 7 nitrogen and oxygen atoms in total. The quantitative estimate of drug-likeness (QED) is 0.656. The topological polar surface area (TPSA) is 97.0 Å². The Bertz CT molecular complexity index is 969. The lowest BCUT2D eigenvalue weighted by Crippen LogP contribution is -2.31. The number of carbonyl (C=O) groups excluding carboxylic acids is 1. The number of anilines is 1. The molecule has 0 aliphatic heterocycles. The van der Waals surface area contributed by atoms with Crippen LogP contribution in [0.2, 0.25) is 0 Å². The second-order valence-corrected chi connectivity index (χ2v) is 6.98. The number of aryl methyl sites for hydroxylation is 1. The summed E-state index contributed by atoms with van der Waals surface area (Å²) in [5, 5.41) is 2.92. The van der Waals surface area contributed by atoms with Crippen LogP contribution in [0.3, 0.4) is 0 Å². The molecule has 3 aromatic rings. The molecule has 7 heteroatoms. The number of nitrogen functional groups attached to an aromatic ring is 1. The van der Waals surface area contributed by atoms with Crippen molar-refractivity contribution in [1.82, 2.24) is 25.2 Å². The molecule has 0 atom stereocenters. The van der Waals surface area contributed by atoms with Crippen LogP contribution < -0.4 is 11.1 Å². The van der Waals surface area contributed by atoms with Crippen LogP contribution in [0.1, 0.15) is 29.4 Å². The maximum atomic E-state index is 12.2. The number of pyridine rings is 1. The largest absolute Gasteiger partial charge is 0.368 e. The summed E-state index contributed by atoms with van der Waals surface area (Å²) >= 11 is 0. The Hall–Kier alpha value is -3.06. The number of nitrogens with two attached hydrogens (primary N) is 1. The predicted octanol–water partition coefficient (Wildman–Crippen LogP) is 2.52. The van der Waals surface area contributed by atoms with Gasteiger partial charge in [-0.3, -0.25) is 4.79 Å². The Kier molecular flexibility index (Phi) is 6.16. The third kappa shape index (κ3) is 4.61. The van der Waals surface area contributed by atoms with E-state index in [1.807, 2.05) is 55.4 Å². The van der Waals surface area contributed by atoms with Crippen molar-refractivity contribution < 1.29 is 4.79 Å². The predicted molar refractivity (Wildman–Crippen MR) is 112 cm³/mol. The molecule has 0 saturated carbocycles. The van der Waals surface area contributed by atoms with E-state index in [9.17, 15) is 4.79 Å². The second-order valence-electron chi connectivity index (χ2n) is 6.98. The molecule has 0 spiro atoms. The molecule has 0 unspecified atom stereocenters. The van der Waals surface area contributed by atoms with Gasteiger partial charge >= 0.3 is 0 Å². The van der Waals surface area contributed by atoms with Crippen molar-refractivity contribution in [3.63, 3.8) is 0 Å². The Morgan fingerprint density at radius 1 is 1.07 bits per heavy atom. The molecule has 28 heavy (non-hydrogen) atoms. The second kappa shape index (κ2) is 8.75. The van der Waals surface area contributed by atoms with Gasteiger partial charge in [-0.1, -0.05) is 25.5 Å². The number of likely N-dealkylation sites (N-methyl/N-ethyl adjacent to an activating group) is 1. The minimum Gasteiger partial charge on any atom is -0.368 e. The zero-order valence-corrected chi connectivity index (χ0v) is 16.6. The lowest BCUT2D eigenvalue weighted by molar-refractivity contribution is 0.0951. The Morgan fingerprint density at radius 2 is 1.82 bits per heavy atom. The molecule has 0 fully saturated rings. The highest BCUT2D eigenvalue weighted by Gasteiger charge is 2.10. The minimum absolute atomic E-state index is 0.0750. The number of benzene rings is 1. The van der Waals surface area contributed by atoms with E-state index in [2.05, 4.69) is 22.2 Å². The lowest BCUT2D eigenvalue weighted by atomic mass is 10.1. The van der Waals surface area contributed by atoms with Gasteiger partial charge in [0.05, 0.1) is 16.9 Å². The fourth-order valence-corrected chi connectivity index (χ4v) is 2.95. The first kappa shape index (κ1) is 19.7. The van der Waals surface area contributed by atoms with E-state index >= 15 is 0 Å².